The molecule has 0 atom stereocenters. The van der Waals surface area contributed by atoms with Crippen molar-refractivity contribution in [3.63, 3.8) is 0 Å². The van der Waals surface area contributed by atoms with E-state index in [2.05, 4.69) is 15.3 Å². The van der Waals surface area contributed by atoms with Crippen LogP contribution in [0.2, 0.25) is 0 Å². The van der Waals surface area contributed by atoms with Crippen molar-refractivity contribution in [1.29, 1.82) is 0 Å². The van der Waals surface area contributed by atoms with E-state index in [1.165, 1.54) is 13.4 Å². The van der Waals surface area contributed by atoms with Crippen LogP contribution in [0.15, 0.2) is 60.9 Å². The predicted octanol–water partition coefficient (Wildman–Crippen LogP) is 3.09. The van der Waals surface area contributed by atoms with Crippen LogP contribution in [-0.4, -0.2) is 30.1 Å². The van der Waals surface area contributed by atoms with E-state index < -0.39 is 0 Å². The summed E-state index contributed by atoms with van der Waals surface area (Å²) < 4.78 is 10.4. The molecule has 2 aromatic carbocycles. The molecule has 0 spiro atoms. The predicted molar refractivity (Wildman–Crippen MR) is 98.2 cm³/mol. The standard InChI is InChI=1S/C20H19N3O3/c1-25-16-8-9-17(19(11-16)26-2)20(24)21-12-15-10-18(23-13-22-15)14-6-4-3-5-7-14/h3-11,13H,12H2,1-2H3,(H,21,24). The van der Waals surface area contributed by atoms with Gasteiger partial charge < -0.3 is 14.8 Å². The minimum atomic E-state index is -0.246. The number of methoxy groups -OCH3 is 2. The average Bonchev–Trinajstić information content (AvgIpc) is 2.72. The highest BCUT2D eigenvalue weighted by Crippen LogP contribution is 2.24. The third-order valence-corrected chi connectivity index (χ3v) is 3.88. The first-order valence-corrected chi connectivity index (χ1v) is 8.08. The maximum absolute atomic E-state index is 12.5. The second kappa shape index (κ2) is 8.11. The molecule has 6 nitrogen and oxygen atoms in total. The topological polar surface area (TPSA) is 73.3 Å². The number of nitrogens with zero attached hydrogens (tertiary/aromatic N) is 2. The largest absolute Gasteiger partial charge is 0.497 e. The minimum absolute atomic E-state index is 0.246. The van der Waals surface area contributed by atoms with Crippen molar-refractivity contribution in [2.24, 2.45) is 0 Å². The summed E-state index contributed by atoms with van der Waals surface area (Å²) in [6.07, 6.45) is 1.50. The Morgan fingerprint density at radius 2 is 1.81 bits per heavy atom. The first kappa shape index (κ1) is 17.4. The second-order valence-corrected chi connectivity index (χ2v) is 5.51. The number of benzene rings is 2. The summed E-state index contributed by atoms with van der Waals surface area (Å²) in [6.45, 7) is 0.288. The molecule has 0 aliphatic rings. The Kier molecular flexibility index (Phi) is 5.43. The first-order valence-electron chi connectivity index (χ1n) is 8.08. The number of carbonyl (C=O) groups is 1. The van der Waals surface area contributed by atoms with Crippen molar-refractivity contribution in [2.75, 3.05) is 14.2 Å². The van der Waals surface area contributed by atoms with Gasteiger partial charge in [-0.15, -0.1) is 0 Å². The number of ether oxygens (including phenoxy) is 2. The lowest BCUT2D eigenvalue weighted by Crippen LogP contribution is -2.24. The van der Waals surface area contributed by atoms with Crippen LogP contribution in [-0.2, 0) is 6.54 Å². The van der Waals surface area contributed by atoms with Crippen molar-refractivity contribution in [3.8, 4) is 22.8 Å². The number of amides is 1. The maximum atomic E-state index is 12.5. The molecular formula is C20H19N3O3. The van der Waals surface area contributed by atoms with Crippen LogP contribution in [0, 0.1) is 0 Å². The van der Waals surface area contributed by atoms with Gasteiger partial charge in [0.05, 0.1) is 37.7 Å². The molecule has 1 amide bonds. The summed E-state index contributed by atoms with van der Waals surface area (Å²) in [5, 5.41) is 2.86. The van der Waals surface area contributed by atoms with Crippen LogP contribution in [0.3, 0.4) is 0 Å². The third-order valence-electron chi connectivity index (χ3n) is 3.88. The number of carbonyl (C=O) groups excluding carboxylic acids is 1. The van der Waals surface area contributed by atoms with Crippen LogP contribution < -0.4 is 14.8 Å². The molecule has 1 aromatic heterocycles. The highest BCUT2D eigenvalue weighted by molar-refractivity contribution is 5.97. The number of rotatable bonds is 6. The molecule has 0 unspecified atom stereocenters. The van der Waals surface area contributed by atoms with E-state index >= 15 is 0 Å². The van der Waals surface area contributed by atoms with E-state index in [9.17, 15) is 4.79 Å². The Labute approximate surface area is 151 Å². The molecule has 0 aliphatic heterocycles. The summed E-state index contributed by atoms with van der Waals surface area (Å²) in [7, 11) is 3.08. The minimum Gasteiger partial charge on any atom is -0.497 e. The molecule has 0 saturated heterocycles. The molecule has 0 bridgehead atoms. The van der Waals surface area contributed by atoms with Gasteiger partial charge in [-0.25, -0.2) is 9.97 Å². The van der Waals surface area contributed by atoms with Gasteiger partial charge in [-0.1, -0.05) is 30.3 Å². The highest BCUT2D eigenvalue weighted by Gasteiger charge is 2.13. The Morgan fingerprint density at radius 3 is 2.54 bits per heavy atom. The van der Waals surface area contributed by atoms with Crippen LogP contribution >= 0.6 is 0 Å². The van der Waals surface area contributed by atoms with Gasteiger partial charge in [0.1, 0.15) is 17.8 Å². The zero-order chi connectivity index (χ0) is 18.4. The number of hydrogen-bond donors (Lipinski definition) is 1. The van der Waals surface area contributed by atoms with Crippen molar-refractivity contribution in [3.05, 3.63) is 72.2 Å². The summed E-state index contributed by atoms with van der Waals surface area (Å²) in [4.78, 5) is 21.0. The molecule has 26 heavy (non-hydrogen) atoms. The zero-order valence-corrected chi connectivity index (χ0v) is 14.6. The fourth-order valence-corrected chi connectivity index (χ4v) is 2.51. The van der Waals surface area contributed by atoms with Gasteiger partial charge in [-0.3, -0.25) is 4.79 Å². The van der Waals surface area contributed by atoms with E-state index in [1.807, 2.05) is 36.4 Å². The maximum Gasteiger partial charge on any atom is 0.255 e. The Morgan fingerprint density at radius 1 is 1.00 bits per heavy atom. The van der Waals surface area contributed by atoms with Crippen LogP contribution in [0.4, 0.5) is 0 Å². The Hall–Kier alpha value is -3.41. The summed E-state index contributed by atoms with van der Waals surface area (Å²) in [5.74, 6) is 0.834. The lowest BCUT2D eigenvalue weighted by Gasteiger charge is -2.11. The van der Waals surface area contributed by atoms with Gasteiger partial charge in [0.25, 0.3) is 5.91 Å². The first-order chi connectivity index (χ1) is 12.7. The lowest BCUT2D eigenvalue weighted by atomic mass is 10.1. The van der Waals surface area contributed by atoms with Crippen molar-refractivity contribution >= 4 is 5.91 Å². The van der Waals surface area contributed by atoms with Crippen molar-refractivity contribution < 1.29 is 14.3 Å². The monoisotopic (exact) mass is 349 g/mol. The second-order valence-electron chi connectivity index (χ2n) is 5.51. The number of aromatic nitrogens is 2. The molecular weight excluding hydrogens is 330 g/mol. The van der Waals surface area contributed by atoms with Crippen molar-refractivity contribution in [1.82, 2.24) is 15.3 Å². The molecule has 3 rings (SSSR count). The zero-order valence-electron chi connectivity index (χ0n) is 14.6. The lowest BCUT2D eigenvalue weighted by molar-refractivity contribution is 0.0947. The molecule has 6 heteroatoms. The highest BCUT2D eigenvalue weighted by atomic mass is 16.5. The molecule has 1 N–H and O–H groups in total. The number of hydrogen-bond acceptors (Lipinski definition) is 5. The molecule has 0 fully saturated rings. The van der Waals surface area contributed by atoms with Gasteiger partial charge in [0.2, 0.25) is 0 Å². The molecule has 132 valence electrons. The molecule has 0 radical (unpaired) electrons. The van der Waals surface area contributed by atoms with Gasteiger partial charge in [-0.05, 0) is 18.2 Å². The molecule has 0 saturated carbocycles. The third kappa shape index (κ3) is 3.97. The SMILES string of the molecule is COc1ccc(C(=O)NCc2cc(-c3ccccc3)ncn2)c(OC)c1. The van der Waals surface area contributed by atoms with E-state index in [4.69, 9.17) is 9.47 Å². The van der Waals surface area contributed by atoms with Crippen LogP contribution in [0.1, 0.15) is 16.1 Å². The fourth-order valence-electron chi connectivity index (χ4n) is 2.51. The fraction of sp³-hybridized carbons (Fsp3) is 0.150. The molecule has 0 aliphatic carbocycles. The van der Waals surface area contributed by atoms with E-state index in [0.29, 0.717) is 17.1 Å². The van der Waals surface area contributed by atoms with Crippen LogP contribution in [0.25, 0.3) is 11.3 Å². The quantitative estimate of drug-likeness (QED) is 0.740. The van der Waals surface area contributed by atoms with E-state index in [-0.39, 0.29) is 12.5 Å². The number of nitrogens with one attached hydrogen (secondary N) is 1. The van der Waals surface area contributed by atoms with E-state index in [1.54, 1.807) is 25.3 Å². The van der Waals surface area contributed by atoms with Crippen LogP contribution in [0.5, 0.6) is 11.5 Å². The van der Waals surface area contributed by atoms with Gasteiger partial charge in [0, 0.05) is 11.6 Å². The summed E-state index contributed by atoms with van der Waals surface area (Å²) in [5.41, 5.74) is 2.97. The van der Waals surface area contributed by atoms with Crippen molar-refractivity contribution in [2.45, 2.75) is 6.54 Å². The van der Waals surface area contributed by atoms with Gasteiger partial charge >= 0.3 is 0 Å². The molecule has 1 heterocycles. The Bertz CT molecular complexity index is 898. The van der Waals surface area contributed by atoms with Gasteiger partial charge in [0.15, 0.2) is 0 Å². The smallest absolute Gasteiger partial charge is 0.255 e. The molecule has 3 aromatic rings. The van der Waals surface area contributed by atoms with Gasteiger partial charge in [-0.2, -0.15) is 0 Å². The summed E-state index contributed by atoms with van der Waals surface area (Å²) >= 11 is 0. The normalized spacial score (nSPS) is 10.2. The summed E-state index contributed by atoms with van der Waals surface area (Å²) in [6, 6.07) is 16.7. The Balaban J connectivity index is 1.72. The average molecular weight is 349 g/mol. The van der Waals surface area contributed by atoms with E-state index in [0.717, 1.165) is 17.0 Å².